The summed E-state index contributed by atoms with van der Waals surface area (Å²) in [5.41, 5.74) is 1.90. The van der Waals surface area contributed by atoms with Gasteiger partial charge in [0.1, 0.15) is 5.69 Å². The van der Waals surface area contributed by atoms with Crippen LogP contribution in [0.4, 0.5) is 5.69 Å². The molecule has 2 aliphatic rings. The molecule has 0 amide bonds. The number of aliphatic hydroxyl groups excluding tert-OH is 1. The molecule has 2 heterocycles. The molecular formula is C24H34N4O5S. The highest BCUT2D eigenvalue weighted by Crippen LogP contribution is 2.30. The Bertz CT molecular complexity index is 1130. The highest BCUT2D eigenvalue weighted by molar-refractivity contribution is 7.89. The third-order valence-electron chi connectivity index (χ3n) is 6.62. The molecular weight excluding hydrogens is 456 g/mol. The number of rotatable bonds is 8. The molecule has 1 aliphatic carbocycles. The van der Waals surface area contributed by atoms with E-state index < -0.39 is 15.3 Å². The van der Waals surface area contributed by atoms with Crippen molar-refractivity contribution in [3.05, 3.63) is 46.4 Å². The predicted molar refractivity (Wildman–Crippen MR) is 131 cm³/mol. The van der Waals surface area contributed by atoms with Crippen molar-refractivity contribution in [1.29, 1.82) is 0 Å². The lowest BCUT2D eigenvalue weighted by Gasteiger charge is -2.36. The highest BCUT2D eigenvalue weighted by Gasteiger charge is 2.31. The molecule has 0 spiro atoms. The molecule has 1 saturated carbocycles. The zero-order valence-electron chi connectivity index (χ0n) is 19.9. The van der Waals surface area contributed by atoms with Crippen LogP contribution in [-0.4, -0.2) is 71.7 Å². The van der Waals surface area contributed by atoms with Crippen LogP contribution < -0.4 is 15.2 Å². The van der Waals surface area contributed by atoms with E-state index in [1.54, 1.807) is 20.0 Å². The van der Waals surface area contributed by atoms with Gasteiger partial charge in [-0.1, -0.05) is 12.1 Å². The van der Waals surface area contributed by atoms with Crippen molar-refractivity contribution in [3.8, 4) is 11.4 Å². The van der Waals surface area contributed by atoms with Gasteiger partial charge in [-0.3, -0.25) is 4.79 Å². The summed E-state index contributed by atoms with van der Waals surface area (Å²) in [5, 5.41) is 13.1. The van der Waals surface area contributed by atoms with Gasteiger partial charge in [0, 0.05) is 32.8 Å². The maximum absolute atomic E-state index is 13.5. The molecule has 10 heteroatoms. The third kappa shape index (κ3) is 5.13. The Kier molecular flexibility index (Phi) is 7.59. The molecule has 1 saturated heterocycles. The molecule has 0 atom stereocenters. The van der Waals surface area contributed by atoms with Crippen molar-refractivity contribution in [3.63, 3.8) is 0 Å². The second-order valence-electron chi connectivity index (χ2n) is 9.22. The minimum absolute atomic E-state index is 0.00293. The molecule has 2 aromatic rings. The number of anilines is 1. The lowest BCUT2D eigenvalue weighted by molar-refractivity contribution is 0.205. The second-order valence-corrected chi connectivity index (χ2v) is 11.7. The number of ether oxygens (including phenoxy) is 1. The molecule has 0 unspecified atom stereocenters. The molecule has 1 aromatic carbocycles. The van der Waals surface area contributed by atoms with E-state index in [2.05, 4.69) is 5.10 Å². The fraction of sp³-hybridized carbons (Fsp3) is 0.583. The predicted octanol–water partition coefficient (Wildman–Crippen LogP) is 1.95. The number of sulfonamides is 1. The Labute approximate surface area is 201 Å². The summed E-state index contributed by atoms with van der Waals surface area (Å²) in [4.78, 5) is 15.5. The van der Waals surface area contributed by atoms with Gasteiger partial charge in [-0.05, 0) is 63.6 Å². The largest absolute Gasteiger partial charge is 0.483 e. The Hall–Kier alpha value is -2.43. The SMILES string of the molecule is CC(C)S(=O)(=O)N1CCN(c2cnn(-c3ccc(CCO)cc3)c(=O)c2OC2CCCC2)CC1. The molecule has 0 radical (unpaired) electrons. The van der Waals surface area contributed by atoms with Gasteiger partial charge in [-0.2, -0.15) is 14.1 Å². The van der Waals surface area contributed by atoms with Gasteiger partial charge in [0.2, 0.25) is 15.8 Å². The maximum Gasteiger partial charge on any atom is 0.316 e. The minimum atomic E-state index is -3.31. The Morgan fingerprint density at radius 1 is 1.09 bits per heavy atom. The van der Waals surface area contributed by atoms with E-state index in [9.17, 15) is 13.2 Å². The van der Waals surface area contributed by atoms with Crippen LogP contribution in [0.1, 0.15) is 45.1 Å². The molecule has 9 nitrogen and oxygen atoms in total. The first-order chi connectivity index (χ1) is 16.3. The van der Waals surface area contributed by atoms with E-state index in [0.717, 1.165) is 31.2 Å². The monoisotopic (exact) mass is 490 g/mol. The van der Waals surface area contributed by atoms with Gasteiger partial charge in [-0.25, -0.2) is 8.42 Å². The number of aromatic nitrogens is 2. The van der Waals surface area contributed by atoms with E-state index in [1.165, 1.54) is 8.99 Å². The van der Waals surface area contributed by atoms with Gasteiger partial charge in [0.05, 0.1) is 23.2 Å². The lowest BCUT2D eigenvalue weighted by Crippen LogP contribution is -2.50. The summed E-state index contributed by atoms with van der Waals surface area (Å²) in [7, 11) is -3.31. The third-order valence-corrected chi connectivity index (χ3v) is 8.89. The molecule has 2 fully saturated rings. The Morgan fingerprint density at radius 3 is 2.32 bits per heavy atom. The van der Waals surface area contributed by atoms with Crippen LogP contribution in [-0.2, 0) is 16.4 Å². The second kappa shape index (κ2) is 10.5. The van der Waals surface area contributed by atoms with E-state index in [0.29, 0.717) is 44.0 Å². The molecule has 0 bridgehead atoms. The van der Waals surface area contributed by atoms with Gasteiger partial charge < -0.3 is 14.7 Å². The standard InChI is InChI=1S/C24H34N4O5S/c1-18(2)34(31,32)27-14-12-26(13-15-27)22-17-25-28(20-9-7-19(8-10-20)11-16-29)24(30)23(22)33-21-5-3-4-6-21/h7-10,17-18,21,29H,3-6,11-16H2,1-2H3. The number of nitrogens with zero attached hydrogens (tertiary/aromatic N) is 4. The van der Waals surface area contributed by atoms with Gasteiger partial charge in [0.25, 0.3) is 0 Å². The number of piperazine rings is 1. The summed E-state index contributed by atoms with van der Waals surface area (Å²) in [6.07, 6.45) is 6.19. The molecule has 34 heavy (non-hydrogen) atoms. The van der Waals surface area contributed by atoms with Crippen LogP contribution in [0.2, 0.25) is 0 Å². The van der Waals surface area contributed by atoms with E-state index >= 15 is 0 Å². The summed E-state index contributed by atoms with van der Waals surface area (Å²) < 4.78 is 34.2. The minimum Gasteiger partial charge on any atom is -0.483 e. The van der Waals surface area contributed by atoms with Crippen LogP contribution >= 0.6 is 0 Å². The van der Waals surface area contributed by atoms with Gasteiger partial charge in [-0.15, -0.1) is 0 Å². The summed E-state index contributed by atoms with van der Waals surface area (Å²) in [6.45, 7) is 5.10. The fourth-order valence-corrected chi connectivity index (χ4v) is 5.81. The zero-order valence-corrected chi connectivity index (χ0v) is 20.7. The fourth-order valence-electron chi connectivity index (χ4n) is 4.54. The van der Waals surface area contributed by atoms with Crippen molar-refractivity contribution >= 4 is 15.7 Å². The quantitative estimate of drug-likeness (QED) is 0.603. The average molecular weight is 491 g/mol. The first kappa shape index (κ1) is 24.7. The average Bonchev–Trinajstić information content (AvgIpc) is 3.34. The van der Waals surface area contributed by atoms with E-state index in [-0.39, 0.29) is 24.0 Å². The number of benzene rings is 1. The van der Waals surface area contributed by atoms with Crippen molar-refractivity contribution < 1.29 is 18.3 Å². The zero-order chi connectivity index (χ0) is 24.3. The van der Waals surface area contributed by atoms with Crippen LogP contribution in [0.15, 0.2) is 35.3 Å². The van der Waals surface area contributed by atoms with Crippen molar-refractivity contribution in [2.75, 3.05) is 37.7 Å². The number of hydrogen-bond acceptors (Lipinski definition) is 7. The van der Waals surface area contributed by atoms with Crippen LogP contribution in [0.25, 0.3) is 5.69 Å². The number of aliphatic hydroxyl groups is 1. The van der Waals surface area contributed by atoms with Crippen LogP contribution in [0, 0.1) is 0 Å². The Balaban J connectivity index is 1.63. The highest BCUT2D eigenvalue weighted by atomic mass is 32.2. The first-order valence-corrected chi connectivity index (χ1v) is 13.5. The molecule has 1 N–H and O–H groups in total. The van der Waals surface area contributed by atoms with Crippen LogP contribution in [0.5, 0.6) is 5.75 Å². The first-order valence-electron chi connectivity index (χ1n) is 12.0. The normalized spacial score (nSPS) is 18.1. The molecule has 1 aliphatic heterocycles. The molecule has 1 aromatic heterocycles. The maximum atomic E-state index is 13.5. The van der Waals surface area contributed by atoms with Crippen LogP contribution in [0.3, 0.4) is 0 Å². The lowest BCUT2D eigenvalue weighted by atomic mass is 10.1. The topological polar surface area (TPSA) is 105 Å². The van der Waals surface area contributed by atoms with Crippen molar-refractivity contribution in [2.24, 2.45) is 0 Å². The number of hydrogen-bond donors (Lipinski definition) is 1. The van der Waals surface area contributed by atoms with E-state index in [1.807, 2.05) is 29.2 Å². The van der Waals surface area contributed by atoms with Crippen molar-refractivity contribution in [1.82, 2.24) is 14.1 Å². The van der Waals surface area contributed by atoms with Gasteiger partial charge >= 0.3 is 5.56 Å². The van der Waals surface area contributed by atoms with Gasteiger partial charge in [0.15, 0.2) is 0 Å². The molecule has 186 valence electrons. The summed E-state index contributed by atoms with van der Waals surface area (Å²) in [6, 6.07) is 7.38. The molecule has 4 rings (SSSR count). The summed E-state index contributed by atoms with van der Waals surface area (Å²) >= 11 is 0. The summed E-state index contributed by atoms with van der Waals surface area (Å²) in [5.74, 6) is 0.279. The smallest absolute Gasteiger partial charge is 0.316 e. The van der Waals surface area contributed by atoms with Crippen molar-refractivity contribution in [2.45, 2.75) is 57.3 Å². The Morgan fingerprint density at radius 2 is 1.74 bits per heavy atom. The van der Waals surface area contributed by atoms with E-state index in [4.69, 9.17) is 9.84 Å².